The fourth-order valence-corrected chi connectivity index (χ4v) is 4.28. The van der Waals surface area contributed by atoms with E-state index in [1.165, 1.54) is 6.07 Å². The quantitative estimate of drug-likeness (QED) is 0.529. The van der Waals surface area contributed by atoms with Gasteiger partial charge in [-0.2, -0.15) is 18.3 Å². The number of nitrogens with zero attached hydrogens (tertiary/aromatic N) is 5. The van der Waals surface area contributed by atoms with Crippen molar-refractivity contribution in [3.8, 4) is 11.3 Å². The van der Waals surface area contributed by atoms with Gasteiger partial charge in [0.2, 0.25) is 0 Å². The van der Waals surface area contributed by atoms with Crippen LogP contribution in [0.15, 0.2) is 48.7 Å². The number of hydrogen-bond donors (Lipinski definition) is 2. The Bertz CT molecular complexity index is 1200. The highest BCUT2D eigenvalue weighted by Gasteiger charge is 2.33. The maximum atomic E-state index is 13.4. The molecule has 1 aliphatic rings. The second-order valence-corrected chi connectivity index (χ2v) is 8.88. The molecule has 1 saturated heterocycles. The lowest BCUT2D eigenvalue weighted by Gasteiger charge is -2.32. The predicted molar refractivity (Wildman–Crippen MR) is 132 cm³/mol. The topological polar surface area (TPSA) is 89.2 Å². The van der Waals surface area contributed by atoms with E-state index in [1.807, 2.05) is 18.2 Å². The Morgan fingerprint density at radius 2 is 1.74 bits per heavy atom. The minimum Gasteiger partial charge on any atom is -0.397 e. The summed E-state index contributed by atoms with van der Waals surface area (Å²) in [6.07, 6.45) is -3.51. The van der Waals surface area contributed by atoms with Gasteiger partial charge < -0.3 is 16.4 Å². The first kappa shape index (κ1) is 25.0. The molecule has 0 unspecified atom stereocenters. The summed E-state index contributed by atoms with van der Waals surface area (Å²) >= 11 is 6.73. The van der Waals surface area contributed by atoms with E-state index in [4.69, 9.17) is 23.1 Å². The first-order chi connectivity index (χ1) is 16.6. The van der Waals surface area contributed by atoms with Gasteiger partial charge in [0.1, 0.15) is 17.2 Å². The number of aromatic nitrogens is 3. The molecular formula is C24H27ClF3N7. The highest BCUT2D eigenvalue weighted by molar-refractivity contribution is 6.53. The lowest BCUT2D eigenvalue weighted by molar-refractivity contribution is -0.141. The third-order valence-corrected chi connectivity index (χ3v) is 6.47. The molecule has 4 rings (SSSR count). The van der Waals surface area contributed by atoms with Crippen LogP contribution in [-0.2, 0) is 12.7 Å². The van der Waals surface area contributed by atoms with Crippen molar-refractivity contribution in [1.82, 2.24) is 24.6 Å². The molecule has 186 valence electrons. The number of anilines is 1. The van der Waals surface area contributed by atoms with E-state index in [-0.39, 0.29) is 27.8 Å². The van der Waals surface area contributed by atoms with Crippen LogP contribution >= 0.6 is 11.6 Å². The molecule has 0 radical (unpaired) electrons. The Morgan fingerprint density at radius 1 is 1.06 bits per heavy atom. The first-order valence-corrected chi connectivity index (χ1v) is 11.5. The van der Waals surface area contributed by atoms with Crippen LogP contribution < -0.4 is 11.5 Å². The van der Waals surface area contributed by atoms with E-state index >= 15 is 0 Å². The molecule has 3 aromatic rings. The standard InChI is InChI=1S/C24H27ClF3N7/c1-33-9-11-34(12-10-33)13-14-35-23(30)19(20(25)21(29)16-5-3-2-4-6-16)22(32-35)17-7-8-31-18(15-17)24(26,27)28/h2-8,15H,9-14,29-30H2,1H3/b21-20+. The molecule has 0 aliphatic carbocycles. The summed E-state index contributed by atoms with van der Waals surface area (Å²) < 4.78 is 41.6. The lowest BCUT2D eigenvalue weighted by Crippen LogP contribution is -2.45. The minimum atomic E-state index is -4.60. The van der Waals surface area contributed by atoms with Gasteiger partial charge in [0, 0.05) is 44.5 Å². The van der Waals surface area contributed by atoms with Gasteiger partial charge in [-0.05, 0) is 24.7 Å². The van der Waals surface area contributed by atoms with Crippen molar-refractivity contribution in [3.05, 3.63) is 65.5 Å². The van der Waals surface area contributed by atoms with Crippen LogP contribution in [0.5, 0.6) is 0 Å². The molecule has 7 nitrogen and oxygen atoms in total. The Labute approximate surface area is 206 Å². The zero-order valence-corrected chi connectivity index (χ0v) is 20.0. The van der Waals surface area contributed by atoms with Gasteiger partial charge >= 0.3 is 6.18 Å². The van der Waals surface area contributed by atoms with Gasteiger partial charge in [-0.15, -0.1) is 0 Å². The van der Waals surface area contributed by atoms with E-state index in [1.54, 1.807) is 16.8 Å². The molecule has 2 aromatic heterocycles. The summed E-state index contributed by atoms with van der Waals surface area (Å²) in [5.41, 5.74) is 13.4. The highest BCUT2D eigenvalue weighted by Crippen LogP contribution is 2.39. The molecule has 1 aliphatic heterocycles. The van der Waals surface area contributed by atoms with Gasteiger partial charge in [0.15, 0.2) is 0 Å². The molecule has 3 heterocycles. The molecule has 35 heavy (non-hydrogen) atoms. The maximum absolute atomic E-state index is 13.4. The number of nitrogens with two attached hydrogens (primary N) is 2. The zero-order chi connectivity index (χ0) is 25.2. The van der Waals surface area contributed by atoms with Crippen molar-refractivity contribution in [2.24, 2.45) is 5.73 Å². The molecule has 11 heteroatoms. The Morgan fingerprint density at radius 3 is 2.40 bits per heavy atom. The maximum Gasteiger partial charge on any atom is 0.433 e. The van der Waals surface area contributed by atoms with Crippen molar-refractivity contribution in [1.29, 1.82) is 0 Å². The summed E-state index contributed by atoms with van der Waals surface area (Å²) in [7, 11) is 2.08. The van der Waals surface area contributed by atoms with Gasteiger partial charge in [-0.25, -0.2) is 4.68 Å². The molecule has 0 amide bonds. The summed E-state index contributed by atoms with van der Waals surface area (Å²) in [6.45, 7) is 4.90. The minimum absolute atomic E-state index is 0.125. The van der Waals surface area contributed by atoms with Crippen LogP contribution in [0.4, 0.5) is 19.0 Å². The van der Waals surface area contributed by atoms with Crippen LogP contribution in [0.2, 0.25) is 0 Å². The predicted octanol–water partition coefficient (Wildman–Crippen LogP) is 3.82. The average Bonchev–Trinajstić information content (AvgIpc) is 3.19. The zero-order valence-electron chi connectivity index (χ0n) is 19.3. The van der Waals surface area contributed by atoms with Crippen molar-refractivity contribution in [3.63, 3.8) is 0 Å². The highest BCUT2D eigenvalue weighted by atomic mass is 35.5. The van der Waals surface area contributed by atoms with Gasteiger partial charge in [0.25, 0.3) is 0 Å². The Kier molecular flexibility index (Phi) is 7.34. The van der Waals surface area contributed by atoms with E-state index in [0.29, 0.717) is 24.2 Å². The number of alkyl halides is 3. The molecular weight excluding hydrogens is 479 g/mol. The van der Waals surface area contributed by atoms with Crippen molar-refractivity contribution in [2.45, 2.75) is 12.7 Å². The van der Waals surface area contributed by atoms with Crippen LogP contribution in [-0.4, -0.2) is 64.3 Å². The fraction of sp³-hybridized carbons (Fsp3) is 0.333. The molecule has 0 saturated carbocycles. The number of nitrogen functional groups attached to an aromatic ring is 1. The van der Waals surface area contributed by atoms with Crippen LogP contribution in [0, 0.1) is 0 Å². The third kappa shape index (κ3) is 5.61. The SMILES string of the molecule is CN1CCN(CCn2nc(-c3ccnc(C(F)(F)F)c3)c(/C(Cl)=C(\N)c3ccccc3)c2N)CC1. The van der Waals surface area contributed by atoms with Crippen LogP contribution in [0.25, 0.3) is 22.0 Å². The first-order valence-electron chi connectivity index (χ1n) is 11.2. The van der Waals surface area contributed by atoms with Crippen molar-refractivity contribution >= 4 is 28.1 Å². The van der Waals surface area contributed by atoms with Gasteiger partial charge in [0.05, 0.1) is 22.8 Å². The fourth-order valence-electron chi connectivity index (χ4n) is 3.98. The van der Waals surface area contributed by atoms with Crippen molar-refractivity contribution < 1.29 is 13.2 Å². The Balaban J connectivity index is 1.76. The van der Waals surface area contributed by atoms with Crippen LogP contribution in [0.3, 0.4) is 0 Å². The normalized spacial score (nSPS) is 16.4. The number of halogens is 4. The molecule has 0 atom stereocenters. The largest absolute Gasteiger partial charge is 0.433 e. The number of pyridine rings is 1. The number of piperazine rings is 1. The second-order valence-electron chi connectivity index (χ2n) is 8.50. The summed E-state index contributed by atoms with van der Waals surface area (Å²) in [6, 6.07) is 11.5. The van der Waals surface area contributed by atoms with Gasteiger partial charge in [-0.3, -0.25) is 9.88 Å². The summed E-state index contributed by atoms with van der Waals surface area (Å²) in [5, 5.41) is 4.71. The lowest BCUT2D eigenvalue weighted by atomic mass is 10.0. The van der Waals surface area contributed by atoms with Gasteiger partial charge in [-0.1, -0.05) is 41.9 Å². The summed E-state index contributed by atoms with van der Waals surface area (Å²) in [4.78, 5) is 8.01. The van der Waals surface area contributed by atoms with E-state index in [9.17, 15) is 13.2 Å². The number of likely N-dealkylation sites (N-methyl/N-ethyl adjacent to an activating group) is 1. The number of rotatable bonds is 6. The smallest absolute Gasteiger partial charge is 0.397 e. The number of hydrogen-bond acceptors (Lipinski definition) is 6. The second kappa shape index (κ2) is 10.3. The Hall–Kier alpha value is -3.08. The molecule has 1 fully saturated rings. The third-order valence-electron chi connectivity index (χ3n) is 6.08. The molecule has 1 aromatic carbocycles. The molecule has 4 N–H and O–H groups in total. The monoisotopic (exact) mass is 505 g/mol. The molecule has 0 bridgehead atoms. The van der Waals surface area contributed by atoms with Crippen LogP contribution in [0.1, 0.15) is 16.8 Å². The van der Waals surface area contributed by atoms with E-state index in [2.05, 4.69) is 26.9 Å². The van der Waals surface area contributed by atoms with E-state index in [0.717, 1.165) is 38.4 Å². The summed E-state index contributed by atoms with van der Waals surface area (Å²) in [5.74, 6) is 0.239. The number of benzene rings is 1. The molecule has 0 spiro atoms. The van der Waals surface area contributed by atoms with E-state index < -0.39 is 11.9 Å². The average molecular weight is 506 g/mol. The van der Waals surface area contributed by atoms with Crippen molar-refractivity contribution in [2.75, 3.05) is 45.5 Å².